The molecule has 1 saturated carbocycles. The number of piperidine rings is 1. The Hall–Kier alpha value is -2.18. The number of anilines is 2. The maximum Gasteiger partial charge on any atom is 0.223 e. The van der Waals surface area contributed by atoms with Gasteiger partial charge < -0.3 is 10.2 Å². The fourth-order valence-corrected chi connectivity index (χ4v) is 4.80. The molecule has 1 aromatic carbocycles. The molecule has 3 aromatic rings. The van der Waals surface area contributed by atoms with Crippen LogP contribution in [0.1, 0.15) is 32.1 Å². The number of nitrogens with one attached hydrogen (secondary N) is 1. The van der Waals surface area contributed by atoms with Gasteiger partial charge in [0.1, 0.15) is 0 Å². The Kier molecular flexibility index (Phi) is 4.91. The molecule has 3 heterocycles. The third-order valence-electron chi connectivity index (χ3n) is 5.14. The highest BCUT2D eigenvalue weighted by Gasteiger charge is 2.24. The minimum absolute atomic E-state index is 0.521. The van der Waals surface area contributed by atoms with Crippen molar-refractivity contribution in [2.45, 2.75) is 38.1 Å². The van der Waals surface area contributed by atoms with Crippen molar-refractivity contribution in [2.24, 2.45) is 0 Å². The van der Waals surface area contributed by atoms with E-state index in [0.29, 0.717) is 12.0 Å². The van der Waals surface area contributed by atoms with Gasteiger partial charge >= 0.3 is 0 Å². The Morgan fingerprint density at radius 2 is 1.93 bits per heavy atom. The number of halogens is 1. The number of aromatic nitrogens is 3. The van der Waals surface area contributed by atoms with Crippen molar-refractivity contribution in [2.75, 3.05) is 23.3 Å². The van der Waals surface area contributed by atoms with E-state index >= 15 is 0 Å². The monoisotopic (exact) mass is 411 g/mol. The van der Waals surface area contributed by atoms with Crippen LogP contribution in [0.15, 0.2) is 36.5 Å². The molecule has 0 unspecified atom stereocenters. The van der Waals surface area contributed by atoms with E-state index in [1.807, 2.05) is 30.5 Å². The van der Waals surface area contributed by atoms with E-state index < -0.39 is 0 Å². The van der Waals surface area contributed by atoms with Gasteiger partial charge in [0.15, 0.2) is 5.13 Å². The maximum absolute atomic E-state index is 6.27. The summed E-state index contributed by atoms with van der Waals surface area (Å²) in [6.07, 6.45) is 7.98. The zero-order valence-corrected chi connectivity index (χ0v) is 17.1. The summed E-state index contributed by atoms with van der Waals surface area (Å²) >= 11 is 7.98. The number of hydrogen-bond acceptors (Lipinski definition) is 6. The summed E-state index contributed by atoms with van der Waals surface area (Å²) in [4.78, 5) is 17.7. The second-order valence-electron chi connectivity index (χ2n) is 7.42. The third-order valence-corrected chi connectivity index (χ3v) is 6.51. The molecule has 7 heteroatoms. The van der Waals surface area contributed by atoms with Crippen molar-refractivity contribution in [3.8, 4) is 21.8 Å². The van der Waals surface area contributed by atoms with E-state index in [1.165, 1.54) is 32.1 Å². The number of benzene rings is 1. The predicted octanol–water partition coefficient (Wildman–Crippen LogP) is 5.49. The van der Waals surface area contributed by atoms with Crippen LogP contribution < -0.4 is 10.2 Å². The number of thiazole rings is 1. The van der Waals surface area contributed by atoms with E-state index in [1.54, 1.807) is 11.3 Å². The molecule has 2 aliphatic rings. The average Bonchev–Trinajstić information content (AvgIpc) is 3.42. The van der Waals surface area contributed by atoms with Crippen LogP contribution in [0.4, 0.5) is 11.1 Å². The first-order valence-electron chi connectivity index (χ1n) is 9.88. The van der Waals surface area contributed by atoms with Crippen LogP contribution in [0.3, 0.4) is 0 Å². The van der Waals surface area contributed by atoms with Gasteiger partial charge in [-0.15, -0.1) is 0 Å². The van der Waals surface area contributed by atoms with Gasteiger partial charge in [0.25, 0.3) is 0 Å². The first-order chi connectivity index (χ1) is 13.8. The molecule has 5 nitrogen and oxygen atoms in total. The third kappa shape index (κ3) is 3.84. The molecule has 0 radical (unpaired) electrons. The van der Waals surface area contributed by atoms with Gasteiger partial charge in [0.2, 0.25) is 5.95 Å². The van der Waals surface area contributed by atoms with E-state index in [4.69, 9.17) is 21.6 Å². The largest absolute Gasteiger partial charge is 0.351 e. The van der Waals surface area contributed by atoms with Gasteiger partial charge in [0.05, 0.1) is 16.3 Å². The molecule has 0 spiro atoms. The quantitative estimate of drug-likeness (QED) is 0.602. The first kappa shape index (κ1) is 17.9. The standard InChI is InChI=1S/C21H22ClN5S/c22-15-6-4-5-14(13-15)18-19(28-21(26-18)27-11-2-1-3-12-27)17-9-10-23-20(25-17)24-16-7-8-16/h4-6,9-10,13,16H,1-3,7-8,11-12H2,(H,23,24,25). The Morgan fingerprint density at radius 1 is 1.07 bits per heavy atom. The lowest BCUT2D eigenvalue weighted by Crippen LogP contribution is -2.29. The minimum atomic E-state index is 0.521. The average molecular weight is 412 g/mol. The zero-order chi connectivity index (χ0) is 18.9. The highest BCUT2D eigenvalue weighted by atomic mass is 35.5. The molecule has 28 heavy (non-hydrogen) atoms. The summed E-state index contributed by atoms with van der Waals surface area (Å²) in [5.41, 5.74) is 2.88. The van der Waals surface area contributed by atoms with E-state index in [2.05, 4.69) is 21.3 Å². The normalized spacial score (nSPS) is 17.0. The van der Waals surface area contributed by atoms with Crippen LogP contribution >= 0.6 is 22.9 Å². The van der Waals surface area contributed by atoms with Crippen molar-refractivity contribution in [1.82, 2.24) is 15.0 Å². The molecule has 144 valence electrons. The minimum Gasteiger partial charge on any atom is -0.351 e. The van der Waals surface area contributed by atoms with Crippen molar-refractivity contribution < 1.29 is 0 Å². The zero-order valence-electron chi connectivity index (χ0n) is 15.6. The van der Waals surface area contributed by atoms with Crippen molar-refractivity contribution >= 4 is 34.0 Å². The van der Waals surface area contributed by atoms with Gasteiger partial charge in [-0.2, -0.15) is 0 Å². The molecule has 0 bridgehead atoms. The van der Waals surface area contributed by atoms with Crippen LogP contribution in [0, 0.1) is 0 Å². The van der Waals surface area contributed by atoms with Crippen LogP contribution in [0.5, 0.6) is 0 Å². The first-order valence-corrected chi connectivity index (χ1v) is 11.1. The summed E-state index contributed by atoms with van der Waals surface area (Å²) in [6.45, 7) is 2.14. The molecular weight excluding hydrogens is 390 g/mol. The SMILES string of the molecule is Clc1cccc(-c2nc(N3CCCCC3)sc2-c2ccnc(NC3CC3)n2)c1. The van der Waals surface area contributed by atoms with E-state index in [-0.39, 0.29) is 0 Å². The van der Waals surface area contributed by atoms with Crippen molar-refractivity contribution in [1.29, 1.82) is 0 Å². The van der Waals surface area contributed by atoms with Crippen LogP contribution in [-0.4, -0.2) is 34.1 Å². The van der Waals surface area contributed by atoms with Gasteiger partial charge in [-0.05, 0) is 50.3 Å². The maximum atomic E-state index is 6.27. The smallest absolute Gasteiger partial charge is 0.223 e. The highest BCUT2D eigenvalue weighted by molar-refractivity contribution is 7.19. The number of hydrogen-bond donors (Lipinski definition) is 1. The van der Waals surface area contributed by atoms with Crippen LogP contribution in [0.2, 0.25) is 5.02 Å². The molecule has 1 saturated heterocycles. The Morgan fingerprint density at radius 3 is 2.71 bits per heavy atom. The second kappa shape index (κ2) is 7.68. The molecule has 0 atom stereocenters. The molecule has 1 aliphatic carbocycles. The Labute approximate surface area is 173 Å². The van der Waals surface area contributed by atoms with Gasteiger partial charge in [-0.3, -0.25) is 0 Å². The van der Waals surface area contributed by atoms with E-state index in [0.717, 1.165) is 45.1 Å². The molecule has 0 amide bonds. The molecule has 1 aliphatic heterocycles. The molecule has 2 fully saturated rings. The summed E-state index contributed by atoms with van der Waals surface area (Å²) in [6, 6.07) is 10.4. The molecule has 1 N–H and O–H groups in total. The fraction of sp³-hybridized carbons (Fsp3) is 0.381. The van der Waals surface area contributed by atoms with Gasteiger partial charge in [-0.1, -0.05) is 35.1 Å². The summed E-state index contributed by atoms with van der Waals surface area (Å²) in [7, 11) is 0. The van der Waals surface area contributed by atoms with Crippen molar-refractivity contribution in [3.63, 3.8) is 0 Å². The van der Waals surface area contributed by atoms with E-state index in [9.17, 15) is 0 Å². The molecule has 5 rings (SSSR count). The molecule has 2 aromatic heterocycles. The Bertz CT molecular complexity index is 978. The van der Waals surface area contributed by atoms with Crippen LogP contribution in [0.25, 0.3) is 21.8 Å². The number of nitrogens with zero attached hydrogens (tertiary/aromatic N) is 4. The Balaban J connectivity index is 1.57. The lowest BCUT2D eigenvalue weighted by molar-refractivity contribution is 0.577. The van der Waals surface area contributed by atoms with Gasteiger partial charge in [0, 0.05) is 35.9 Å². The summed E-state index contributed by atoms with van der Waals surface area (Å²) < 4.78 is 0. The molecular formula is C21H22ClN5S. The topological polar surface area (TPSA) is 53.9 Å². The van der Waals surface area contributed by atoms with Crippen LogP contribution in [-0.2, 0) is 0 Å². The fourth-order valence-electron chi connectivity index (χ4n) is 3.50. The predicted molar refractivity (Wildman–Crippen MR) is 116 cm³/mol. The summed E-state index contributed by atoms with van der Waals surface area (Å²) in [5, 5.41) is 5.18. The summed E-state index contributed by atoms with van der Waals surface area (Å²) in [5.74, 6) is 0.699. The lowest BCUT2D eigenvalue weighted by atomic mass is 10.1. The van der Waals surface area contributed by atoms with Gasteiger partial charge in [-0.25, -0.2) is 15.0 Å². The second-order valence-corrected chi connectivity index (χ2v) is 8.83. The van der Waals surface area contributed by atoms with Crippen molar-refractivity contribution in [3.05, 3.63) is 41.6 Å². The number of rotatable bonds is 5. The lowest BCUT2D eigenvalue weighted by Gasteiger charge is -2.25. The highest BCUT2D eigenvalue weighted by Crippen LogP contribution is 2.41.